The predicted octanol–water partition coefficient (Wildman–Crippen LogP) is 3.24. The molecule has 1 amide bonds. The van der Waals surface area contributed by atoms with E-state index in [-0.39, 0.29) is 16.3 Å². The van der Waals surface area contributed by atoms with Crippen molar-refractivity contribution in [3.8, 4) is 22.7 Å². The van der Waals surface area contributed by atoms with Gasteiger partial charge in [0.2, 0.25) is 5.88 Å². The number of benzene rings is 2. The summed E-state index contributed by atoms with van der Waals surface area (Å²) in [5.41, 5.74) is 8.96. The van der Waals surface area contributed by atoms with Crippen LogP contribution < -0.4 is 10.5 Å². The van der Waals surface area contributed by atoms with Crippen LogP contribution in [-0.4, -0.2) is 36.5 Å². The quantitative estimate of drug-likeness (QED) is 0.509. The third-order valence-electron chi connectivity index (χ3n) is 5.29. The highest BCUT2D eigenvalue weighted by Gasteiger charge is 2.49. The van der Waals surface area contributed by atoms with Gasteiger partial charge < -0.3 is 10.5 Å². The molecule has 0 unspecified atom stereocenters. The van der Waals surface area contributed by atoms with Gasteiger partial charge in [-0.25, -0.2) is 4.79 Å². The average molecular weight is 422 g/mol. The number of nitrogens with zero attached hydrogens (tertiary/aromatic N) is 5. The van der Waals surface area contributed by atoms with Crippen LogP contribution in [0.2, 0.25) is 5.02 Å². The number of carbonyl (C=O) groups is 1. The van der Waals surface area contributed by atoms with Crippen LogP contribution in [0, 0.1) is 0 Å². The van der Waals surface area contributed by atoms with Crippen LogP contribution in [-0.2, 0) is 5.41 Å². The van der Waals surface area contributed by atoms with Crippen molar-refractivity contribution in [1.82, 2.24) is 30.4 Å². The maximum Gasteiger partial charge on any atom is 0.411 e. The molecule has 10 heteroatoms. The summed E-state index contributed by atoms with van der Waals surface area (Å²) in [5, 5.41) is 18.9. The Kier molecular flexibility index (Phi) is 4.25. The summed E-state index contributed by atoms with van der Waals surface area (Å²) in [4.78, 5) is 11.1. The lowest BCUT2D eigenvalue weighted by molar-refractivity contribution is 0.207. The molecule has 0 bridgehead atoms. The van der Waals surface area contributed by atoms with Crippen molar-refractivity contribution in [2.24, 2.45) is 5.73 Å². The van der Waals surface area contributed by atoms with Gasteiger partial charge in [-0.15, -0.1) is 10.2 Å². The van der Waals surface area contributed by atoms with Crippen molar-refractivity contribution in [2.45, 2.75) is 18.3 Å². The number of ether oxygens (including phenoxy) is 1. The second kappa shape index (κ2) is 6.96. The van der Waals surface area contributed by atoms with Crippen LogP contribution in [0.5, 0.6) is 5.88 Å². The summed E-state index contributed by atoms with van der Waals surface area (Å²) in [6.45, 7) is 0. The Hall–Kier alpha value is -3.72. The van der Waals surface area contributed by atoms with Crippen LogP contribution >= 0.6 is 11.6 Å². The molecule has 1 aliphatic carbocycles. The van der Waals surface area contributed by atoms with Crippen LogP contribution in [0.4, 0.5) is 4.79 Å². The normalized spacial score (nSPS) is 14.4. The minimum atomic E-state index is -0.954. The third-order valence-corrected chi connectivity index (χ3v) is 5.55. The second-order valence-electron chi connectivity index (χ2n) is 7.07. The third kappa shape index (κ3) is 3.09. The molecule has 0 atom stereocenters. The zero-order valence-electron chi connectivity index (χ0n) is 15.6. The highest BCUT2D eigenvalue weighted by atomic mass is 35.5. The van der Waals surface area contributed by atoms with Crippen molar-refractivity contribution < 1.29 is 9.53 Å². The lowest BCUT2D eigenvalue weighted by atomic mass is 9.93. The summed E-state index contributed by atoms with van der Waals surface area (Å²) in [7, 11) is 0. The van der Waals surface area contributed by atoms with E-state index >= 15 is 0 Å². The number of carbonyl (C=O) groups excluding carboxylic acids is 1. The SMILES string of the molecule is NC(=O)Oc1c(Cl)cnn1-c1ccc(-c2ccc(C3(c4nn[nH]n4)CC3)cc2)cc1. The number of hydrogen-bond donors (Lipinski definition) is 2. The maximum absolute atomic E-state index is 11.1. The molecular formula is C20H16ClN7O2. The van der Waals surface area contributed by atoms with Gasteiger partial charge in [0, 0.05) is 0 Å². The van der Waals surface area contributed by atoms with Crippen molar-refractivity contribution in [2.75, 3.05) is 0 Å². The van der Waals surface area contributed by atoms with Crippen LogP contribution in [0.25, 0.3) is 16.8 Å². The molecule has 3 N–H and O–H groups in total. The van der Waals surface area contributed by atoms with Gasteiger partial charge >= 0.3 is 6.09 Å². The molecule has 1 fully saturated rings. The summed E-state index contributed by atoms with van der Waals surface area (Å²) in [5.74, 6) is 0.823. The summed E-state index contributed by atoms with van der Waals surface area (Å²) < 4.78 is 6.38. The monoisotopic (exact) mass is 421 g/mol. The molecule has 4 aromatic rings. The summed E-state index contributed by atoms with van der Waals surface area (Å²) in [6, 6.07) is 16.0. The number of amides is 1. The number of nitrogens with two attached hydrogens (primary N) is 1. The molecule has 1 saturated carbocycles. The Morgan fingerprint density at radius 1 is 1.10 bits per heavy atom. The Bertz CT molecular complexity index is 1200. The molecule has 5 rings (SSSR count). The first kappa shape index (κ1) is 18.3. The standard InChI is InChI=1S/C20H16ClN7O2/c21-16-11-23-28(17(16)30-19(22)29)15-7-3-13(4-8-15)12-1-5-14(6-2-12)20(9-10-20)18-24-26-27-25-18/h1-8,11H,9-10H2,(H2,22,29)(H,24,25,26,27). The fourth-order valence-corrected chi connectivity index (χ4v) is 3.76. The van der Waals surface area contributed by atoms with E-state index in [4.69, 9.17) is 22.1 Å². The van der Waals surface area contributed by atoms with E-state index in [9.17, 15) is 4.79 Å². The van der Waals surface area contributed by atoms with Crippen molar-refractivity contribution in [3.63, 3.8) is 0 Å². The van der Waals surface area contributed by atoms with E-state index in [1.165, 1.54) is 16.4 Å². The van der Waals surface area contributed by atoms with Gasteiger partial charge in [-0.1, -0.05) is 53.2 Å². The van der Waals surface area contributed by atoms with Gasteiger partial charge in [0.25, 0.3) is 0 Å². The van der Waals surface area contributed by atoms with E-state index < -0.39 is 6.09 Å². The topological polar surface area (TPSA) is 125 Å². The number of aromatic nitrogens is 6. The highest BCUT2D eigenvalue weighted by Crippen LogP contribution is 2.52. The second-order valence-corrected chi connectivity index (χ2v) is 7.48. The first-order chi connectivity index (χ1) is 14.6. The number of aromatic amines is 1. The minimum Gasteiger partial charge on any atom is -0.390 e. The molecule has 1 aliphatic rings. The fraction of sp³-hybridized carbons (Fsp3) is 0.150. The lowest BCUT2D eigenvalue weighted by Crippen LogP contribution is -2.18. The van der Waals surface area contributed by atoms with E-state index in [1.807, 2.05) is 24.3 Å². The van der Waals surface area contributed by atoms with Gasteiger partial charge in [0.05, 0.1) is 17.3 Å². The smallest absolute Gasteiger partial charge is 0.390 e. The Labute approximate surface area is 175 Å². The predicted molar refractivity (Wildman–Crippen MR) is 108 cm³/mol. The molecule has 2 heterocycles. The van der Waals surface area contributed by atoms with Gasteiger partial charge in [-0.2, -0.15) is 15.0 Å². The molecule has 30 heavy (non-hydrogen) atoms. The number of nitrogens with one attached hydrogen (secondary N) is 1. The van der Waals surface area contributed by atoms with Gasteiger partial charge in [0.15, 0.2) is 5.82 Å². The minimum absolute atomic E-state index is 0.0810. The molecule has 0 aliphatic heterocycles. The Morgan fingerprint density at radius 3 is 2.33 bits per heavy atom. The number of hydrogen-bond acceptors (Lipinski definition) is 6. The van der Waals surface area contributed by atoms with Crippen molar-refractivity contribution >= 4 is 17.7 Å². The number of tetrazole rings is 1. The molecule has 0 radical (unpaired) electrons. The fourth-order valence-electron chi connectivity index (χ4n) is 3.60. The molecule has 0 spiro atoms. The highest BCUT2D eigenvalue weighted by molar-refractivity contribution is 6.31. The molecule has 2 aromatic heterocycles. The largest absolute Gasteiger partial charge is 0.411 e. The number of rotatable bonds is 5. The van der Waals surface area contributed by atoms with Gasteiger partial charge in [-0.3, -0.25) is 0 Å². The zero-order chi connectivity index (χ0) is 20.7. The van der Waals surface area contributed by atoms with Crippen molar-refractivity contribution in [3.05, 3.63) is 71.1 Å². The first-order valence-corrected chi connectivity index (χ1v) is 9.61. The maximum atomic E-state index is 11.1. The molecular weight excluding hydrogens is 406 g/mol. The van der Waals surface area contributed by atoms with E-state index in [0.717, 1.165) is 29.8 Å². The van der Waals surface area contributed by atoms with Gasteiger partial charge in [0.1, 0.15) is 5.02 Å². The van der Waals surface area contributed by atoms with E-state index in [1.54, 1.807) is 0 Å². The van der Waals surface area contributed by atoms with Crippen LogP contribution in [0.15, 0.2) is 54.7 Å². The zero-order valence-corrected chi connectivity index (χ0v) is 16.4. The molecule has 2 aromatic carbocycles. The van der Waals surface area contributed by atoms with E-state index in [2.05, 4.69) is 50.0 Å². The lowest BCUT2D eigenvalue weighted by Gasteiger charge is -2.12. The van der Waals surface area contributed by atoms with Gasteiger partial charge in [-0.05, 0) is 41.7 Å². The Morgan fingerprint density at radius 2 is 1.77 bits per heavy atom. The number of halogens is 1. The number of H-pyrrole nitrogens is 1. The summed E-state index contributed by atoms with van der Waals surface area (Å²) in [6.07, 6.45) is 2.47. The average Bonchev–Trinajstić information content (AvgIpc) is 3.21. The van der Waals surface area contributed by atoms with E-state index in [0.29, 0.717) is 5.69 Å². The molecule has 0 saturated heterocycles. The van der Waals surface area contributed by atoms with Crippen molar-refractivity contribution in [1.29, 1.82) is 0 Å². The molecule has 9 nitrogen and oxygen atoms in total. The summed E-state index contributed by atoms with van der Waals surface area (Å²) >= 11 is 6.03. The number of primary amides is 1. The first-order valence-electron chi connectivity index (χ1n) is 9.23. The van der Waals surface area contributed by atoms with Crippen LogP contribution in [0.3, 0.4) is 0 Å². The molecule has 150 valence electrons. The Balaban J connectivity index is 1.40. The van der Waals surface area contributed by atoms with Crippen LogP contribution in [0.1, 0.15) is 24.2 Å².